The van der Waals surface area contributed by atoms with Gasteiger partial charge in [-0.25, -0.2) is 9.97 Å². The Labute approximate surface area is 114 Å². The molecule has 0 radical (unpaired) electrons. The Morgan fingerprint density at radius 3 is 3.00 bits per heavy atom. The van der Waals surface area contributed by atoms with Crippen molar-refractivity contribution in [2.24, 2.45) is 0 Å². The second kappa shape index (κ2) is 4.85. The third kappa shape index (κ3) is 2.37. The molecule has 1 unspecified atom stereocenters. The molecule has 0 aliphatic heterocycles. The monoisotopic (exact) mass is 271 g/mol. The van der Waals surface area contributed by atoms with Gasteiger partial charge >= 0.3 is 0 Å². The summed E-state index contributed by atoms with van der Waals surface area (Å²) in [5.74, 6) is 1.09. The number of hydrogen-bond acceptors (Lipinski definition) is 5. The van der Waals surface area contributed by atoms with Crippen LogP contribution in [0, 0.1) is 0 Å². The van der Waals surface area contributed by atoms with Gasteiger partial charge in [-0.05, 0) is 36.1 Å². The van der Waals surface area contributed by atoms with Crippen LogP contribution in [0.3, 0.4) is 0 Å². The van der Waals surface area contributed by atoms with Crippen molar-refractivity contribution >= 4 is 27.4 Å². The van der Waals surface area contributed by atoms with Gasteiger partial charge in [0.15, 0.2) is 0 Å². The highest BCUT2D eigenvalue weighted by atomic mass is 32.1. The van der Waals surface area contributed by atoms with Gasteiger partial charge in [0.1, 0.15) is 22.7 Å². The first kappa shape index (κ1) is 11.9. The van der Waals surface area contributed by atoms with E-state index in [-0.39, 0.29) is 11.8 Å². The molecule has 19 heavy (non-hydrogen) atoms. The highest BCUT2D eigenvalue weighted by Crippen LogP contribution is 2.27. The maximum atomic E-state index is 9.52. The first-order valence-corrected chi connectivity index (χ1v) is 6.85. The van der Waals surface area contributed by atoms with E-state index in [0.29, 0.717) is 0 Å². The van der Waals surface area contributed by atoms with Gasteiger partial charge in [-0.1, -0.05) is 12.1 Å². The fourth-order valence-corrected chi connectivity index (χ4v) is 2.72. The molecule has 2 N–H and O–H groups in total. The van der Waals surface area contributed by atoms with Crippen LogP contribution in [0.25, 0.3) is 10.2 Å². The smallest absolute Gasteiger partial charge is 0.138 e. The quantitative estimate of drug-likeness (QED) is 0.764. The van der Waals surface area contributed by atoms with Gasteiger partial charge in [0.25, 0.3) is 0 Å². The molecule has 2 aromatic heterocycles. The number of benzene rings is 1. The van der Waals surface area contributed by atoms with Gasteiger partial charge in [0, 0.05) is 0 Å². The lowest BCUT2D eigenvalue weighted by atomic mass is 10.1. The molecule has 0 spiro atoms. The summed E-state index contributed by atoms with van der Waals surface area (Å²) >= 11 is 1.60. The number of phenolic OH excluding ortho intramolecular Hbond substituents is 1. The highest BCUT2D eigenvalue weighted by Gasteiger charge is 2.10. The standard InChI is InChI=1S/C14H13N3OS/c1-9(10-3-2-4-11(18)7-10)17-13-12-5-6-19-14(12)16-8-15-13/h2-9,18H,1H3,(H,15,16,17). The summed E-state index contributed by atoms with van der Waals surface area (Å²) in [5.41, 5.74) is 1.02. The molecule has 0 amide bonds. The Hall–Kier alpha value is -2.14. The normalized spacial score (nSPS) is 12.5. The van der Waals surface area contributed by atoms with E-state index in [1.807, 2.05) is 30.5 Å². The number of aromatic nitrogens is 2. The molecule has 0 fully saturated rings. The Morgan fingerprint density at radius 1 is 1.26 bits per heavy atom. The molecule has 0 aliphatic carbocycles. The van der Waals surface area contributed by atoms with Crippen LogP contribution in [0.15, 0.2) is 42.0 Å². The molecule has 2 heterocycles. The first-order chi connectivity index (χ1) is 9.24. The molecule has 1 aromatic carbocycles. The Kier molecular flexibility index (Phi) is 3.05. The minimum atomic E-state index is 0.0603. The highest BCUT2D eigenvalue weighted by molar-refractivity contribution is 7.16. The van der Waals surface area contributed by atoms with Crippen LogP contribution in [-0.4, -0.2) is 15.1 Å². The zero-order valence-electron chi connectivity index (χ0n) is 10.4. The molecular formula is C14H13N3OS. The number of nitrogens with zero attached hydrogens (tertiary/aromatic N) is 2. The van der Waals surface area contributed by atoms with Crippen molar-refractivity contribution in [1.29, 1.82) is 0 Å². The predicted octanol–water partition coefficient (Wildman–Crippen LogP) is 3.57. The van der Waals surface area contributed by atoms with Crippen LogP contribution in [0.1, 0.15) is 18.5 Å². The second-order valence-electron chi connectivity index (χ2n) is 4.32. The molecule has 5 heteroatoms. The van der Waals surface area contributed by atoms with Crippen LogP contribution in [-0.2, 0) is 0 Å². The Bertz CT molecular complexity index is 710. The van der Waals surface area contributed by atoms with E-state index in [0.717, 1.165) is 21.6 Å². The van der Waals surface area contributed by atoms with Crippen LogP contribution < -0.4 is 5.32 Å². The molecule has 0 saturated heterocycles. The summed E-state index contributed by atoms with van der Waals surface area (Å²) in [5, 5.41) is 15.9. The summed E-state index contributed by atoms with van der Waals surface area (Å²) in [4.78, 5) is 9.49. The summed E-state index contributed by atoms with van der Waals surface area (Å²) in [6, 6.07) is 9.30. The van der Waals surface area contributed by atoms with Crippen molar-refractivity contribution in [3.63, 3.8) is 0 Å². The van der Waals surface area contributed by atoms with Gasteiger partial charge in [-0.3, -0.25) is 0 Å². The van der Waals surface area contributed by atoms with Crippen molar-refractivity contribution in [2.45, 2.75) is 13.0 Å². The molecule has 0 aliphatic rings. The number of anilines is 1. The number of phenols is 1. The zero-order valence-corrected chi connectivity index (χ0v) is 11.2. The minimum Gasteiger partial charge on any atom is -0.508 e. The average Bonchev–Trinajstić information content (AvgIpc) is 2.88. The van der Waals surface area contributed by atoms with Crippen molar-refractivity contribution in [1.82, 2.24) is 9.97 Å². The summed E-state index contributed by atoms with van der Waals surface area (Å²) < 4.78 is 0. The van der Waals surface area contributed by atoms with Crippen LogP contribution >= 0.6 is 11.3 Å². The van der Waals surface area contributed by atoms with Crippen LogP contribution in [0.4, 0.5) is 5.82 Å². The van der Waals surface area contributed by atoms with E-state index in [1.165, 1.54) is 0 Å². The van der Waals surface area contributed by atoms with Gasteiger partial charge in [0.05, 0.1) is 11.4 Å². The van der Waals surface area contributed by atoms with E-state index in [1.54, 1.807) is 29.8 Å². The number of nitrogens with one attached hydrogen (secondary N) is 1. The van der Waals surface area contributed by atoms with Crippen LogP contribution in [0.5, 0.6) is 5.75 Å². The summed E-state index contributed by atoms with van der Waals surface area (Å²) in [7, 11) is 0. The van der Waals surface area contributed by atoms with E-state index in [2.05, 4.69) is 15.3 Å². The second-order valence-corrected chi connectivity index (χ2v) is 5.22. The number of fused-ring (bicyclic) bond motifs is 1. The molecule has 96 valence electrons. The molecular weight excluding hydrogens is 258 g/mol. The number of hydrogen-bond donors (Lipinski definition) is 2. The summed E-state index contributed by atoms with van der Waals surface area (Å²) in [6.45, 7) is 2.04. The lowest BCUT2D eigenvalue weighted by Crippen LogP contribution is -2.08. The largest absolute Gasteiger partial charge is 0.508 e. The lowest BCUT2D eigenvalue weighted by molar-refractivity contribution is 0.474. The van der Waals surface area contributed by atoms with E-state index in [4.69, 9.17) is 0 Å². The number of rotatable bonds is 3. The van der Waals surface area contributed by atoms with Crippen molar-refractivity contribution in [3.05, 3.63) is 47.6 Å². The van der Waals surface area contributed by atoms with Gasteiger partial charge in [-0.15, -0.1) is 11.3 Å². The third-order valence-corrected chi connectivity index (χ3v) is 3.81. The fourth-order valence-electron chi connectivity index (χ4n) is 1.99. The number of aromatic hydroxyl groups is 1. The predicted molar refractivity (Wildman–Crippen MR) is 77.6 cm³/mol. The molecule has 4 nitrogen and oxygen atoms in total. The number of thiophene rings is 1. The van der Waals surface area contributed by atoms with E-state index in [9.17, 15) is 5.11 Å². The molecule has 1 atom stereocenters. The van der Waals surface area contributed by atoms with Crippen molar-refractivity contribution < 1.29 is 5.11 Å². The topological polar surface area (TPSA) is 58.0 Å². The van der Waals surface area contributed by atoms with Gasteiger partial charge in [-0.2, -0.15) is 0 Å². The maximum absolute atomic E-state index is 9.52. The van der Waals surface area contributed by atoms with Crippen molar-refractivity contribution in [3.8, 4) is 5.75 Å². The minimum absolute atomic E-state index is 0.0603. The Balaban J connectivity index is 1.90. The molecule has 0 saturated carbocycles. The molecule has 3 aromatic rings. The maximum Gasteiger partial charge on any atom is 0.138 e. The van der Waals surface area contributed by atoms with Gasteiger partial charge in [0.2, 0.25) is 0 Å². The SMILES string of the molecule is CC(Nc1ncnc2sccc12)c1cccc(O)c1. The van der Waals surface area contributed by atoms with Crippen LogP contribution in [0.2, 0.25) is 0 Å². The molecule has 0 bridgehead atoms. The molecule has 3 rings (SSSR count). The average molecular weight is 271 g/mol. The lowest BCUT2D eigenvalue weighted by Gasteiger charge is -2.15. The zero-order chi connectivity index (χ0) is 13.2. The summed E-state index contributed by atoms with van der Waals surface area (Å²) in [6.07, 6.45) is 1.57. The third-order valence-electron chi connectivity index (χ3n) is 2.99. The van der Waals surface area contributed by atoms with E-state index < -0.39 is 0 Å². The van der Waals surface area contributed by atoms with E-state index >= 15 is 0 Å². The first-order valence-electron chi connectivity index (χ1n) is 5.98. The fraction of sp³-hybridized carbons (Fsp3) is 0.143. The van der Waals surface area contributed by atoms with Crippen molar-refractivity contribution in [2.75, 3.05) is 5.32 Å². The van der Waals surface area contributed by atoms with Gasteiger partial charge < -0.3 is 10.4 Å². The Morgan fingerprint density at radius 2 is 2.16 bits per heavy atom.